The second-order valence-electron chi connectivity index (χ2n) is 4.38. The molecule has 0 spiro atoms. The quantitative estimate of drug-likeness (QED) is 0.875. The molecule has 0 atom stereocenters. The molecule has 0 aromatic carbocycles. The van der Waals surface area contributed by atoms with Crippen molar-refractivity contribution in [3.05, 3.63) is 55.9 Å². The molecule has 20 heavy (non-hydrogen) atoms. The molecule has 2 heterocycles. The lowest BCUT2D eigenvalue weighted by molar-refractivity contribution is -0.131. The van der Waals surface area contributed by atoms with Gasteiger partial charge in [0.15, 0.2) is 0 Å². The van der Waals surface area contributed by atoms with E-state index in [1.54, 1.807) is 17.6 Å². The lowest BCUT2D eigenvalue weighted by Crippen LogP contribution is -2.25. The van der Waals surface area contributed by atoms with Gasteiger partial charge in [0.25, 0.3) is 0 Å². The molecule has 2 rings (SSSR count). The smallest absolute Gasteiger partial charge is 0.348 e. The number of hydrogen-bond donors (Lipinski definition) is 1. The Morgan fingerprint density at radius 3 is 2.85 bits per heavy atom. The Kier molecular flexibility index (Phi) is 4.14. The van der Waals surface area contributed by atoms with Gasteiger partial charge in [-0.3, -0.25) is 4.57 Å². The van der Waals surface area contributed by atoms with Gasteiger partial charge in [-0.25, -0.2) is 9.59 Å². The SMILES string of the molecule is Cc1cc(C)n(Cc2ccc(C=CC(=O)O)s2)c(=O)n1. The highest BCUT2D eigenvalue weighted by Crippen LogP contribution is 2.19. The van der Waals surface area contributed by atoms with E-state index in [0.717, 1.165) is 21.5 Å². The summed E-state index contributed by atoms with van der Waals surface area (Å²) in [6, 6.07) is 5.58. The minimum Gasteiger partial charge on any atom is -0.478 e. The number of carbonyl (C=O) groups is 1. The van der Waals surface area contributed by atoms with Crippen LogP contribution in [0, 0.1) is 13.8 Å². The van der Waals surface area contributed by atoms with Crippen LogP contribution >= 0.6 is 11.3 Å². The standard InChI is InChI=1S/C14H14N2O3S/c1-9-7-10(2)16(14(19)15-9)8-12-4-3-11(20-12)5-6-13(17)18/h3-7H,8H2,1-2H3,(H,17,18). The topological polar surface area (TPSA) is 72.2 Å². The molecule has 0 bridgehead atoms. The molecule has 5 nitrogen and oxygen atoms in total. The van der Waals surface area contributed by atoms with Crippen LogP contribution in [0.15, 0.2) is 29.1 Å². The van der Waals surface area contributed by atoms with E-state index in [2.05, 4.69) is 4.98 Å². The molecule has 0 radical (unpaired) electrons. The van der Waals surface area contributed by atoms with Crippen LogP contribution in [0.5, 0.6) is 0 Å². The van der Waals surface area contributed by atoms with E-state index in [0.29, 0.717) is 12.2 Å². The molecule has 0 aliphatic heterocycles. The summed E-state index contributed by atoms with van der Waals surface area (Å²) in [6.07, 6.45) is 2.64. The molecule has 2 aromatic heterocycles. The van der Waals surface area contributed by atoms with Crippen LogP contribution in [0.2, 0.25) is 0 Å². The maximum atomic E-state index is 11.9. The van der Waals surface area contributed by atoms with Gasteiger partial charge >= 0.3 is 11.7 Å². The van der Waals surface area contributed by atoms with Gasteiger partial charge < -0.3 is 5.11 Å². The fourth-order valence-electron chi connectivity index (χ4n) is 1.85. The summed E-state index contributed by atoms with van der Waals surface area (Å²) >= 11 is 1.45. The van der Waals surface area contributed by atoms with E-state index in [9.17, 15) is 9.59 Å². The Morgan fingerprint density at radius 2 is 2.20 bits per heavy atom. The molecule has 2 aromatic rings. The van der Waals surface area contributed by atoms with Crippen LogP contribution in [0.1, 0.15) is 21.1 Å². The van der Waals surface area contributed by atoms with Crippen molar-refractivity contribution in [1.82, 2.24) is 9.55 Å². The largest absolute Gasteiger partial charge is 0.478 e. The summed E-state index contributed by atoms with van der Waals surface area (Å²) in [6.45, 7) is 4.11. The van der Waals surface area contributed by atoms with E-state index in [1.165, 1.54) is 11.3 Å². The molecule has 0 amide bonds. The number of carboxylic acids is 1. The molecule has 0 unspecified atom stereocenters. The minimum absolute atomic E-state index is 0.265. The lowest BCUT2D eigenvalue weighted by Gasteiger charge is -2.07. The van der Waals surface area contributed by atoms with Gasteiger partial charge in [0, 0.05) is 27.2 Å². The number of aryl methyl sites for hydroxylation is 2. The zero-order valence-corrected chi connectivity index (χ0v) is 12.0. The Labute approximate surface area is 119 Å². The molecule has 0 aliphatic rings. The van der Waals surface area contributed by atoms with E-state index in [4.69, 9.17) is 5.11 Å². The number of carboxylic acid groups (broad SMARTS) is 1. The molecular formula is C14H14N2O3S. The van der Waals surface area contributed by atoms with Crippen molar-refractivity contribution < 1.29 is 9.90 Å². The predicted octanol–water partition coefficient (Wildman–Crippen LogP) is 2.07. The van der Waals surface area contributed by atoms with Crippen LogP contribution in [0.4, 0.5) is 0 Å². The summed E-state index contributed by atoms with van der Waals surface area (Å²) in [4.78, 5) is 28.0. The van der Waals surface area contributed by atoms with E-state index < -0.39 is 5.97 Å². The number of nitrogens with zero attached hydrogens (tertiary/aromatic N) is 2. The van der Waals surface area contributed by atoms with E-state index in [-0.39, 0.29) is 5.69 Å². The average Bonchev–Trinajstić information content (AvgIpc) is 2.79. The van der Waals surface area contributed by atoms with Gasteiger partial charge in [-0.2, -0.15) is 4.98 Å². The second kappa shape index (κ2) is 5.83. The molecule has 1 N–H and O–H groups in total. The van der Waals surface area contributed by atoms with Crippen LogP contribution in [0.25, 0.3) is 6.08 Å². The fourth-order valence-corrected chi connectivity index (χ4v) is 2.75. The molecule has 0 aliphatic carbocycles. The number of thiophene rings is 1. The zero-order valence-electron chi connectivity index (χ0n) is 11.2. The number of rotatable bonds is 4. The number of aromatic nitrogens is 2. The third-order valence-electron chi connectivity index (χ3n) is 2.73. The third-order valence-corrected chi connectivity index (χ3v) is 3.77. The minimum atomic E-state index is -0.977. The Morgan fingerprint density at radius 1 is 1.45 bits per heavy atom. The maximum Gasteiger partial charge on any atom is 0.348 e. The monoisotopic (exact) mass is 290 g/mol. The van der Waals surface area contributed by atoms with Gasteiger partial charge in [0.2, 0.25) is 0 Å². The van der Waals surface area contributed by atoms with Gasteiger partial charge in [-0.15, -0.1) is 11.3 Å². The molecule has 6 heteroatoms. The van der Waals surface area contributed by atoms with Gasteiger partial charge in [0.05, 0.1) is 6.54 Å². The van der Waals surface area contributed by atoms with Crippen molar-refractivity contribution in [2.24, 2.45) is 0 Å². The van der Waals surface area contributed by atoms with Gasteiger partial charge in [0.1, 0.15) is 0 Å². The lowest BCUT2D eigenvalue weighted by atomic mass is 10.3. The Hall–Kier alpha value is -2.21. The normalized spacial score (nSPS) is 11.1. The van der Waals surface area contributed by atoms with Crippen molar-refractivity contribution >= 4 is 23.4 Å². The van der Waals surface area contributed by atoms with Crippen LogP contribution in [-0.2, 0) is 11.3 Å². The average molecular weight is 290 g/mol. The summed E-state index contributed by atoms with van der Waals surface area (Å²) in [7, 11) is 0. The second-order valence-corrected chi connectivity index (χ2v) is 5.58. The predicted molar refractivity (Wildman–Crippen MR) is 78.1 cm³/mol. The first kappa shape index (κ1) is 14.2. The van der Waals surface area contributed by atoms with Gasteiger partial charge in [-0.05, 0) is 38.1 Å². The van der Waals surface area contributed by atoms with Crippen molar-refractivity contribution in [3.63, 3.8) is 0 Å². The van der Waals surface area contributed by atoms with Crippen molar-refractivity contribution in [2.45, 2.75) is 20.4 Å². The van der Waals surface area contributed by atoms with Crippen LogP contribution in [-0.4, -0.2) is 20.6 Å². The van der Waals surface area contributed by atoms with E-state index >= 15 is 0 Å². The molecule has 0 fully saturated rings. The number of hydrogen-bond acceptors (Lipinski definition) is 4. The Bertz CT molecular complexity index is 728. The maximum absolute atomic E-state index is 11.9. The summed E-state index contributed by atoms with van der Waals surface area (Å²) in [5, 5.41) is 8.58. The molecule has 0 saturated carbocycles. The molecule has 104 valence electrons. The van der Waals surface area contributed by atoms with Gasteiger partial charge in [-0.1, -0.05) is 0 Å². The summed E-state index contributed by atoms with van der Waals surface area (Å²) < 4.78 is 1.60. The fraction of sp³-hybridized carbons (Fsp3) is 0.214. The first-order chi connectivity index (χ1) is 9.45. The highest BCUT2D eigenvalue weighted by molar-refractivity contribution is 7.12. The highest BCUT2D eigenvalue weighted by atomic mass is 32.1. The number of aliphatic carboxylic acids is 1. The third kappa shape index (κ3) is 3.42. The zero-order chi connectivity index (χ0) is 14.7. The first-order valence-corrected chi connectivity index (χ1v) is 6.82. The molecular weight excluding hydrogens is 276 g/mol. The van der Waals surface area contributed by atoms with Crippen molar-refractivity contribution in [2.75, 3.05) is 0 Å². The summed E-state index contributed by atoms with van der Waals surface area (Å²) in [5.74, 6) is -0.977. The van der Waals surface area contributed by atoms with Crippen LogP contribution < -0.4 is 5.69 Å². The van der Waals surface area contributed by atoms with Crippen LogP contribution in [0.3, 0.4) is 0 Å². The van der Waals surface area contributed by atoms with Crippen molar-refractivity contribution in [3.8, 4) is 0 Å². The molecule has 0 saturated heterocycles. The van der Waals surface area contributed by atoms with E-state index in [1.807, 2.05) is 25.1 Å². The Balaban J connectivity index is 2.23. The first-order valence-electron chi connectivity index (χ1n) is 6.00. The summed E-state index contributed by atoms with van der Waals surface area (Å²) in [5.41, 5.74) is 1.30. The van der Waals surface area contributed by atoms with Crippen molar-refractivity contribution in [1.29, 1.82) is 0 Å². The highest BCUT2D eigenvalue weighted by Gasteiger charge is 2.05.